The van der Waals surface area contributed by atoms with E-state index < -0.39 is 0 Å². The zero-order chi connectivity index (χ0) is 17.7. The van der Waals surface area contributed by atoms with Gasteiger partial charge < -0.3 is 9.47 Å². The van der Waals surface area contributed by atoms with Gasteiger partial charge in [0.15, 0.2) is 5.82 Å². The maximum atomic E-state index is 12.8. The molecule has 7 nitrogen and oxygen atoms in total. The van der Waals surface area contributed by atoms with Crippen molar-refractivity contribution in [2.45, 2.75) is 32.4 Å². The van der Waals surface area contributed by atoms with Crippen molar-refractivity contribution < 1.29 is 4.79 Å². The van der Waals surface area contributed by atoms with Gasteiger partial charge in [-0.1, -0.05) is 0 Å². The first-order valence-electron chi connectivity index (χ1n) is 8.95. The molecule has 0 spiro atoms. The lowest BCUT2D eigenvalue weighted by Gasteiger charge is -2.27. The average Bonchev–Trinajstić information content (AvgIpc) is 3.04. The maximum Gasteiger partial charge on any atom is 0.255 e. The lowest BCUT2D eigenvalue weighted by molar-refractivity contribution is 0.0734. The minimum absolute atomic E-state index is 0.0890. The van der Waals surface area contributed by atoms with Gasteiger partial charge in [0, 0.05) is 43.2 Å². The SMILES string of the molecule is Cn1nc(-c2nncn2CC2CC2)c2c1CCN(C(=O)c1ccsc1)C2. The van der Waals surface area contributed by atoms with Gasteiger partial charge in [0.1, 0.15) is 12.0 Å². The summed E-state index contributed by atoms with van der Waals surface area (Å²) in [5.74, 6) is 1.64. The number of nitrogens with zero attached hydrogens (tertiary/aromatic N) is 6. The van der Waals surface area contributed by atoms with Crippen LogP contribution in [0.5, 0.6) is 0 Å². The number of rotatable bonds is 4. The molecule has 0 N–H and O–H groups in total. The van der Waals surface area contributed by atoms with Crippen molar-refractivity contribution in [3.8, 4) is 11.5 Å². The summed E-state index contributed by atoms with van der Waals surface area (Å²) in [7, 11) is 1.97. The van der Waals surface area contributed by atoms with Crippen molar-refractivity contribution in [2.24, 2.45) is 13.0 Å². The number of carbonyl (C=O) groups excluding carboxylic acids is 1. The monoisotopic (exact) mass is 368 g/mol. The van der Waals surface area contributed by atoms with Gasteiger partial charge in [0.25, 0.3) is 5.91 Å². The topological polar surface area (TPSA) is 68.8 Å². The van der Waals surface area contributed by atoms with Crippen LogP contribution in [-0.4, -0.2) is 41.9 Å². The molecule has 0 radical (unpaired) electrons. The highest BCUT2D eigenvalue weighted by molar-refractivity contribution is 7.08. The molecule has 1 saturated carbocycles. The molecular formula is C18H20N6OS. The second-order valence-electron chi connectivity index (χ2n) is 7.14. The predicted molar refractivity (Wildman–Crippen MR) is 97.7 cm³/mol. The smallest absolute Gasteiger partial charge is 0.255 e. The number of aryl methyl sites for hydroxylation is 1. The Morgan fingerprint density at radius 1 is 1.38 bits per heavy atom. The second-order valence-corrected chi connectivity index (χ2v) is 7.92. The van der Waals surface area contributed by atoms with Gasteiger partial charge in [-0.2, -0.15) is 16.4 Å². The highest BCUT2D eigenvalue weighted by atomic mass is 32.1. The Morgan fingerprint density at radius 3 is 3.04 bits per heavy atom. The number of carbonyl (C=O) groups is 1. The molecule has 0 saturated heterocycles. The van der Waals surface area contributed by atoms with E-state index >= 15 is 0 Å². The number of hydrogen-bond acceptors (Lipinski definition) is 5. The van der Waals surface area contributed by atoms with Gasteiger partial charge in [-0.15, -0.1) is 10.2 Å². The largest absolute Gasteiger partial charge is 0.334 e. The second kappa shape index (κ2) is 6.05. The minimum atomic E-state index is 0.0890. The summed E-state index contributed by atoms with van der Waals surface area (Å²) in [5, 5.41) is 17.1. The molecule has 1 aliphatic carbocycles. The minimum Gasteiger partial charge on any atom is -0.334 e. The third-order valence-corrected chi connectivity index (χ3v) is 5.96. The predicted octanol–water partition coefficient (Wildman–Crippen LogP) is 2.35. The Hall–Kier alpha value is -2.48. The van der Waals surface area contributed by atoms with Gasteiger partial charge in [-0.25, -0.2) is 0 Å². The molecule has 3 aromatic heterocycles. The Balaban J connectivity index is 1.49. The van der Waals surface area contributed by atoms with Crippen LogP contribution in [0.4, 0.5) is 0 Å². The summed E-state index contributed by atoms with van der Waals surface area (Å²) in [6.07, 6.45) is 5.17. The molecule has 0 atom stereocenters. The van der Waals surface area contributed by atoms with Crippen LogP contribution in [0, 0.1) is 5.92 Å². The molecule has 1 fully saturated rings. The van der Waals surface area contributed by atoms with E-state index in [0.29, 0.717) is 6.54 Å². The summed E-state index contributed by atoms with van der Waals surface area (Å²) in [4.78, 5) is 14.7. The molecule has 1 amide bonds. The Bertz CT molecular complexity index is 953. The number of fused-ring (bicyclic) bond motifs is 1. The fraction of sp³-hybridized carbons (Fsp3) is 0.444. The van der Waals surface area contributed by atoms with E-state index in [4.69, 9.17) is 5.10 Å². The fourth-order valence-corrected chi connectivity index (χ4v) is 4.29. The van der Waals surface area contributed by atoms with Crippen LogP contribution >= 0.6 is 11.3 Å². The van der Waals surface area contributed by atoms with E-state index in [1.165, 1.54) is 18.5 Å². The van der Waals surface area contributed by atoms with Gasteiger partial charge in [-0.3, -0.25) is 9.48 Å². The molecule has 0 aromatic carbocycles. The van der Waals surface area contributed by atoms with Crippen LogP contribution in [0.1, 0.15) is 34.5 Å². The summed E-state index contributed by atoms with van der Waals surface area (Å²) >= 11 is 1.55. The van der Waals surface area contributed by atoms with Crippen LogP contribution in [0.2, 0.25) is 0 Å². The highest BCUT2D eigenvalue weighted by Crippen LogP contribution is 2.33. The van der Waals surface area contributed by atoms with Crippen molar-refractivity contribution >= 4 is 17.2 Å². The highest BCUT2D eigenvalue weighted by Gasteiger charge is 2.30. The summed E-state index contributed by atoms with van der Waals surface area (Å²) < 4.78 is 4.05. The van der Waals surface area contributed by atoms with Crippen LogP contribution in [-0.2, 0) is 26.6 Å². The Labute approximate surface area is 155 Å². The standard InChI is InChI=1S/C18H20N6OS/c1-22-15-4-6-23(18(25)13-5-7-26-10-13)9-14(15)16(21-22)17-20-19-11-24(17)8-12-2-3-12/h5,7,10-12H,2-4,6,8-9H2,1H3. The zero-order valence-electron chi connectivity index (χ0n) is 14.6. The molecule has 1 aliphatic heterocycles. The first kappa shape index (κ1) is 15.7. The first-order chi connectivity index (χ1) is 12.7. The van der Waals surface area contributed by atoms with E-state index in [-0.39, 0.29) is 5.91 Å². The van der Waals surface area contributed by atoms with Crippen molar-refractivity contribution in [3.05, 3.63) is 40.0 Å². The van der Waals surface area contributed by atoms with E-state index in [2.05, 4.69) is 14.8 Å². The molecule has 4 heterocycles. The van der Waals surface area contributed by atoms with Gasteiger partial charge in [0.2, 0.25) is 0 Å². The Kier molecular flexibility index (Phi) is 3.66. The number of aromatic nitrogens is 5. The lowest BCUT2D eigenvalue weighted by atomic mass is 10.0. The maximum absolute atomic E-state index is 12.8. The lowest BCUT2D eigenvalue weighted by Crippen LogP contribution is -2.36. The van der Waals surface area contributed by atoms with Crippen LogP contribution < -0.4 is 0 Å². The number of thiophene rings is 1. The molecule has 0 unspecified atom stereocenters. The summed E-state index contributed by atoms with van der Waals surface area (Å²) in [6.45, 7) is 2.24. The number of hydrogen-bond donors (Lipinski definition) is 0. The fourth-order valence-electron chi connectivity index (χ4n) is 3.66. The van der Waals surface area contributed by atoms with E-state index in [1.807, 2.05) is 33.5 Å². The average molecular weight is 368 g/mol. The van der Waals surface area contributed by atoms with Crippen LogP contribution in [0.25, 0.3) is 11.5 Å². The molecule has 5 rings (SSSR count). The van der Waals surface area contributed by atoms with Crippen molar-refractivity contribution in [2.75, 3.05) is 6.54 Å². The molecule has 3 aromatic rings. The number of amides is 1. The quantitative estimate of drug-likeness (QED) is 0.709. The molecule has 8 heteroatoms. The van der Waals surface area contributed by atoms with Crippen molar-refractivity contribution in [1.29, 1.82) is 0 Å². The van der Waals surface area contributed by atoms with E-state index in [1.54, 1.807) is 17.7 Å². The summed E-state index contributed by atoms with van der Waals surface area (Å²) in [5.41, 5.74) is 3.92. The van der Waals surface area contributed by atoms with Gasteiger partial charge in [-0.05, 0) is 30.2 Å². The van der Waals surface area contributed by atoms with Crippen molar-refractivity contribution in [3.63, 3.8) is 0 Å². The van der Waals surface area contributed by atoms with Crippen molar-refractivity contribution in [1.82, 2.24) is 29.4 Å². The molecule has 26 heavy (non-hydrogen) atoms. The normalized spacial score (nSPS) is 16.7. The van der Waals surface area contributed by atoms with E-state index in [9.17, 15) is 4.79 Å². The third-order valence-electron chi connectivity index (χ3n) is 5.28. The molecular weight excluding hydrogens is 348 g/mol. The van der Waals surface area contributed by atoms with E-state index in [0.717, 1.165) is 48.1 Å². The van der Waals surface area contributed by atoms with Crippen LogP contribution in [0.3, 0.4) is 0 Å². The molecule has 2 aliphatic rings. The molecule has 0 bridgehead atoms. The van der Waals surface area contributed by atoms with Gasteiger partial charge in [0.05, 0.1) is 12.1 Å². The summed E-state index contributed by atoms with van der Waals surface area (Å²) in [6, 6.07) is 1.89. The molecule has 134 valence electrons. The zero-order valence-corrected chi connectivity index (χ0v) is 15.4. The third kappa shape index (κ3) is 2.65. The Morgan fingerprint density at radius 2 is 2.27 bits per heavy atom. The van der Waals surface area contributed by atoms with Gasteiger partial charge >= 0.3 is 0 Å². The van der Waals surface area contributed by atoms with Crippen LogP contribution in [0.15, 0.2) is 23.2 Å². The first-order valence-corrected chi connectivity index (χ1v) is 9.89.